The molecule has 126 valence electrons. The Balaban J connectivity index is 2.69. The number of methoxy groups -OCH3 is 1. The summed E-state index contributed by atoms with van der Waals surface area (Å²) in [5.74, 6) is -0.769. The van der Waals surface area contributed by atoms with Crippen LogP contribution in [-0.2, 0) is 14.8 Å². The first-order chi connectivity index (χ1) is 10.3. The molecule has 10 heteroatoms. The van der Waals surface area contributed by atoms with Gasteiger partial charge in [0, 0.05) is 26.7 Å². The fourth-order valence-electron chi connectivity index (χ4n) is 1.53. The van der Waals surface area contributed by atoms with Crippen LogP contribution in [0.15, 0.2) is 29.2 Å². The van der Waals surface area contributed by atoms with Gasteiger partial charge in [0.1, 0.15) is 10.6 Å². The van der Waals surface area contributed by atoms with E-state index in [0.717, 1.165) is 12.1 Å². The van der Waals surface area contributed by atoms with Gasteiger partial charge in [0.05, 0.1) is 6.61 Å². The molecule has 0 saturated carbocycles. The molecule has 0 heterocycles. The predicted molar refractivity (Wildman–Crippen MR) is 73.1 cm³/mol. The minimum atomic E-state index is -4.96. The molecule has 0 fully saturated rings. The summed E-state index contributed by atoms with van der Waals surface area (Å²) in [5, 5.41) is 2.90. The van der Waals surface area contributed by atoms with Gasteiger partial charge in [0.25, 0.3) is 0 Å². The van der Waals surface area contributed by atoms with Crippen molar-refractivity contribution >= 4 is 10.0 Å². The van der Waals surface area contributed by atoms with E-state index >= 15 is 0 Å². The van der Waals surface area contributed by atoms with Gasteiger partial charge in [-0.3, -0.25) is 0 Å². The molecule has 22 heavy (non-hydrogen) atoms. The molecule has 1 aromatic carbocycles. The van der Waals surface area contributed by atoms with Crippen LogP contribution >= 0.6 is 0 Å². The third kappa shape index (κ3) is 6.60. The van der Waals surface area contributed by atoms with Crippen LogP contribution in [0.25, 0.3) is 0 Å². The Morgan fingerprint density at radius 1 is 1.14 bits per heavy atom. The first kappa shape index (κ1) is 18.7. The van der Waals surface area contributed by atoms with Gasteiger partial charge in [-0.15, -0.1) is 13.2 Å². The molecule has 1 aromatic rings. The van der Waals surface area contributed by atoms with E-state index < -0.39 is 27.0 Å². The maximum Gasteiger partial charge on any atom is 0.573 e. The Morgan fingerprint density at radius 3 is 2.45 bits per heavy atom. The van der Waals surface area contributed by atoms with Gasteiger partial charge in [-0.2, -0.15) is 0 Å². The largest absolute Gasteiger partial charge is 0.573 e. The van der Waals surface area contributed by atoms with Gasteiger partial charge in [0.2, 0.25) is 10.0 Å². The highest BCUT2D eigenvalue weighted by atomic mass is 32.2. The zero-order chi connectivity index (χ0) is 16.6. The normalized spacial score (nSPS) is 12.4. The highest BCUT2D eigenvalue weighted by Gasteiger charge is 2.33. The van der Waals surface area contributed by atoms with Crippen molar-refractivity contribution in [2.75, 3.05) is 33.4 Å². The molecule has 6 nitrogen and oxygen atoms in total. The van der Waals surface area contributed by atoms with Crippen LogP contribution in [0.3, 0.4) is 0 Å². The number of alkyl halides is 3. The highest BCUT2D eigenvalue weighted by molar-refractivity contribution is 7.89. The highest BCUT2D eigenvalue weighted by Crippen LogP contribution is 2.28. The van der Waals surface area contributed by atoms with Crippen molar-refractivity contribution in [1.29, 1.82) is 0 Å². The molecule has 0 spiro atoms. The second-order valence-corrected chi connectivity index (χ2v) is 5.87. The number of hydrogen-bond donors (Lipinski definition) is 2. The number of halogens is 3. The Bertz CT molecular complexity index is 564. The number of rotatable bonds is 9. The summed E-state index contributed by atoms with van der Waals surface area (Å²) in [6.45, 7) is 1.33. The standard InChI is InChI=1S/C12H17F3N2O4S/c1-20-9-8-16-6-7-17-22(18,19)11-5-3-2-4-10(11)21-12(13,14)15/h2-5,16-17H,6-9H2,1H3. The van der Waals surface area contributed by atoms with Gasteiger partial charge in [-0.05, 0) is 12.1 Å². The number of nitrogens with one attached hydrogen (secondary N) is 2. The van der Waals surface area contributed by atoms with E-state index in [0.29, 0.717) is 19.7 Å². The molecule has 0 unspecified atom stereocenters. The maximum absolute atomic E-state index is 12.3. The average molecular weight is 342 g/mol. The lowest BCUT2D eigenvalue weighted by molar-refractivity contribution is -0.275. The molecule has 0 aromatic heterocycles. The lowest BCUT2D eigenvalue weighted by Gasteiger charge is -2.14. The monoisotopic (exact) mass is 342 g/mol. The van der Waals surface area contributed by atoms with Crippen molar-refractivity contribution < 1.29 is 31.1 Å². The van der Waals surface area contributed by atoms with Crippen molar-refractivity contribution in [3.63, 3.8) is 0 Å². The van der Waals surface area contributed by atoms with E-state index in [9.17, 15) is 21.6 Å². The van der Waals surface area contributed by atoms with E-state index in [4.69, 9.17) is 4.74 Å². The summed E-state index contributed by atoms with van der Waals surface area (Å²) >= 11 is 0. The molecule has 0 atom stereocenters. The Morgan fingerprint density at radius 2 is 1.82 bits per heavy atom. The van der Waals surface area contributed by atoms with Crippen LogP contribution in [0.4, 0.5) is 13.2 Å². The molecule has 0 bridgehead atoms. The van der Waals surface area contributed by atoms with Crippen LogP contribution < -0.4 is 14.8 Å². The molecule has 0 saturated heterocycles. The minimum Gasteiger partial charge on any atom is -0.404 e. The Labute approximate surface area is 126 Å². The molecule has 0 radical (unpaired) electrons. The maximum atomic E-state index is 12.3. The number of hydrogen-bond acceptors (Lipinski definition) is 5. The topological polar surface area (TPSA) is 76.7 Å². The first-order valence-corrected chi connectivity index (χ1v) is 7.78. The van der Waals surface area contributed by atoms with Gasteiger partial charge in [-0.1, -0.05) is 12.1 Å². The van der Waals surface area contributed by atoms with Gasteiger partial charge in [0.15, 0.2) is 0 Å². The molecule has 0 aliphatic carbocycles. The summed E-state index contributed by atoms with van der Waals surface area (Å²) < 4.78 is 71.6. The number of ether oxygens (including phenoxy) is 2. The Kier molecular flexibility index (Phi) is 7.07. The average Bonchev–Trinajstić information content (AvgIpc) is 2.41. The number of sulfonamides is 1. The summed E-state index contributed by atoms with van der Waals surface area (Å²) in [5.41, 5.74) is 0. The van der Waals surface area contributed by atoms with E-state index in [1.54, 1.807) is 0 Å². The second-order valence-electron chi connectivity index (χ2n) is 4.14. The van der Waals surface area contributed by atoms with Crippen LogP contribution in [0, 0.1) is 0 Å². The molecule has 0 aliphatic rings. The van der Waals surface area contributed by atoms with Crippen molar-refractivity contribution in [2.24, 2.45) is 0 Å². The van der Waals surface area contributed by atoms with Crippen LogP contribution in [0.5, 0.6) is 5.75 Å². The lowest BCUT2D eigenvalue weighted by atomic mass is 10.3. The van der Waals surface area contributed by atoms with Gasteiger partial charge >= 0.3 is 6.36 Å². The summed E-state index contributed by atoms with van der Waals surface area (Å²) in [7, 11) is -2.57. The van der Waals surface area contributed by atoms with Crippen molar-refractivity contribution in [2.45, 2.75) is 11.3 Å². The van der Waals surface area contributed by atoms with Crippen LogP contribution in [-0.4, -0.2) is 48.1 Å². The molecular formula is C12H17F3N2O4S. The molecular weight excluding hydrogens is 325 g/mol. The van der Waals surface area contributed by atoms with Crippen LogP contribution in [0.2, 0.25) is 0 Å². The van der Waals surface area contributed by atoms with Crippen LogP contribution in [0.1, 0.15) is 0 Å². The summed E-state index contributed by atoms with van der Waals surface area (Å²) in [6, 6.07) is 4.56. The van der Waals surface area contributed by atoms with Crippen molar-refractivity contribution in [3.8, 4) is 5.75 Å². The Hall–Kier alpha value is -1.36. The third-order valence-corrected chi connectivity index (χ3v) is 3.94. The second kappa shape index (κ2) is 8.32. The van der Waals surface area contributed by atoms with E-state index in [2.05, 4.69) is 14.8 Å². The van der Waals surface area contributed by atoms with Crippen molar-refractivity contribution in [1.82, 2.24) is 10.0 Å². The molecule has 2 N–H and O–H groups in total. The van der Waals surface area contributed by atoms with E-state index in [1.807, 2.05) is 0 Å². The number of benzene rings is 1. The first-order valence-electron chi connectivity index (χ1n) is 6.30. The smallest absolute Gasteiger partial charge is 0.404 e. The van der Waals surface area contributed by atoms with E-state index in [-0.39, 0.29) is 6.54 Å². The minimum absolute atomic E-state index is 0.0202. The zero-order valence-electron chi connectivity index (χ0n) is 11.8. The third-order valence-electron chi connectivity index (χ3n) is 2.44. The van der Waals surface area contributed by atoms with Gasteiger partial charge < -0.3 is 14.8 Å². The van der Waals surface area contributed by atoms with Gasteiger partial charge in [-0.25, -0.2) is 13.1 Å². The quantitative estimate of drug-likeness (QED) is 0.657. The zero-order valence-corrected chi connectivity index (χ0v) is 12.6. The van der Waals surface area contributed by atoms with E-state index in [1.165, 1.54) is 19.2 Å². The lowest BCUT2D eigenvalue weighted by Crippen LogP contribution is -2.33. The number of para-hydroxylation sites is 1. The fourth-order valence-corrected chi connectivity index (χ4v) is 2.69. The molecule has 1 rings (SSSR count). The summed E-state index contributed by atoms with van der Waals surface area (Å²) in [6.07, 6.45) is -4.96. The fraction of sp³-hybridized carbons (Fsp3) is 0.500. The van der Waals surface area contributed by atoms with Crippen molar-refractivity contribution in [3.05, 3.63) is 24.3 Å². The SMILES string of the molecule is COCCNCCNS(=O)(=O)c1ccccc1OC(F)(F)F. The predicted octanol–water partition coefficient (Wildman–Crippen LogP) is 1.10. The molecule has 0 amide bonds. The molecule has 0 aliphatic heterocycles. The summed E-state index contributed by atoms with van der Waals surface area (Å²) in [4.78, 5) is -0.566.